The van der Waals surface area contributed by atoms with E-state index in [4.69, 9.17) is 16.0 Å². The number of hydrogen-bond donors (Lipinski definition) is 2. The highest BCUT2D eigenvalue weighted by molar-refractivity contribution is 7.92. The molecule has 2 N–H and O–H groups in total. The van der Waals surface area contributed by atoms with Crippen molar-refractivity contribution in [2.75, 3.05) is 10.0 Å². The molecule has 0 aliphatic heterocycles. The van der Waals surface area contributed by atoms with Gasteiger partial charge < -0.3 is 9.73 Å². The quantitative estimate of drug-likeness (QED) is 0.680. The molecule has 0 radical (unpaired) electrons. The van der Waals surface area contributed by atoms with E-state index in [-0.39, 0.29) is 10.7 Å². The van der Waals surface area contributed by atoms with Crippen molar-refractivity contribution in [2.24, 2.45) is 0 Å². The number of benzene rings is 2. The topological polar surface area (TPSA) is 88.4 Å². The Balaban J connectivity index is 1.76. The maximum Gasteiger partial charge on any atom is 0.291 e. The Bertz CT molecular complexity index is 1030. The van der Waals surface area contributed by atoms with Crippen molar-refractivity contribution >= 4 is 38.9 Å². The number of amides is 1. The first-order valence-corrected chi connectivity index (χ1v) is 9.46. The van der Waals surface area contributed by atoms with Crippen LogP contribution in [0.15, 0.2) is 70.2 Å². The molecule has 0 atom stereocenters. The van der Waals surface area contributed by atoms with Crippen LogP contribution in [-0.4, -0.2) is 14.3 Å². The van der Waals surface area contributed by atoms with Gasteiger partial charge in [-0.05, 0) is 61.0 Å². The Morgan fingerprint density at radius 3 is 2.42 bits per heavy atom. The number of halogens is 1. The molecule has 0 spiro atoms. The normalized spacial score (nSPS) is 11.2. The summed E-state index contributed by atoms with van der Waals surface area (Å²) in [6.07, 6.45) is 1.40. The Labute approximate surface area is 155 Å². The summed E-state index contributed by atoms with van der Waals surface area (Å²) in [6.45, 7) is 1.73. The van der Waals surface area contributed by atoms with Gasteiger partial charge in [0.25, 0.3) is 15.9 Å². The molecule has 1 heterocycles. The highest BCUT2D eigenvalue weighted by atomic mass is 35.5. The third kappa shape index (κ3) is 3.89. The number of carbonyl (C=O) groups is 1. The minimum atomic E-state index is -3.78. The van der Waals surface area contributed by atoms with E-state index in [1.54, 1.807) is 31.2 Å². The number of sulfonamides is 1. The van der Waals surface area contributed by atoms with Gasteiger partial charge in [-0.2, -0.15) is 0 Å². The van der Waals surface area contributed by atoms with E-state index in [0.29, 0.717) is 22.0 Å². The first-order valence-electron chi connectivity index (χ1n) is 7.60. The van der Waals surface area contributed by atoms with Crippen molar-refractivity contribution < 1.29 is 17.6 Å². The van der Waals surface area contributed by atoms with Crippen molar-refractivity contribution in [1.82, 2.24) is 0 Å². The molecule has 0 unspecified atom stereocenters. The number of anilines is 2. The summed E-state index contributed by atoms with van der Waals surface area (Å²) in [5.74, 6) is -0.252. The Hall–Kier alpha value is -2.77. The van der Waals surface area contributed by atoms with E-state index in [1.165, 1.54) is 36.6 Å². The lowest BCUT2D eigenvalue weighted by Crippen LogP contribution is -2.14. The number of rotatable bonds is 5. The van der Waals surface area contributed by atoms with Crippen molar-refractivity contribution in [3.63, 3.8) is 0 Å². The van der Waals surface area contributed by atoms with Gasteiger partial charge in [-0.25, -0.2) is 8.42 Å². The molecule has 3 aromatic rings. The fraction of sp³-hybridized carbons (Fsp3) is 0.0556. The van der Waals surface area contributed by atoms with Gasteiger partial charge in [-0.15, -0.1) is 0 Å². The van der Waals surface area contributed by atoms with Gasteiger partial charge in [0.1, 0.15) is 0 Å². The minimum Gasteiger partial charge on any atom is -0.459 e. The van der Waals surface area contributed by atoms with Crippen LogP contribution < -0.4 is 10.0 Å². The van der Waals surface area contributed by atoms with E-state index >= 15 is 0 Å². The second-order valence-corrected chi connectivity index (χ2v) is 7.56. The van der Waals surface area contributed by atoms with Crippen LogP contribution in [-0.2, 0) is 10.0 Å². The summed E-state index contributed by atoms with van der Waals surface area (Å²) in [7, 11) is -3.78. The standard InChI is InChI=1S/C18H15ClN2O4S/c1-12-15(19)4-2-5-16(12)21-26(23,24)14-9-7-13(8-10-14)20-18(22)17-6-3-11-25-17/h2-11,21H,1H3,(H,20,22). The first-order chi connectivity index (χ1) is 12.4. The molecule has 1 amide bonds. The molecule has 0 saturated carbocycles. The lowest BCUT2D eigenvalue weighted by molar-refractivity contribution is 0.0996. The Kier molecular flexibility index (Phi) is 5.01. The summed E-state index contributed by atoms with van der Waals surface area (Å²) in [6, 6.07) is 13.9. The fourth-order valence-electron chi connectivity index (χ4n) is 2.24. The number of hydrogen-bond acceptors (Lipinski definition) is 4. The highest BCUT2D eigenvalue weighted by Crippen LogP contribution is 2.26. The number of carbonyl (C=O) groups excluding carboxylic acids is 1. The van der Waals surface area contributed by atoms with Gasteiger partial charge in [0.2, 0.25) is 0 Å². The van der Waals surface area contributed by atoms with Crippen molar-refractivity contribution in [1.29, 1.82) is 0 Å². The van der Waals surface area contributed by atoms with Crippen LogP contribution in [0.3, 0.4) is 0 Å². The molecular weight excluding hydrogens is 376 g/mol. The second kappa shape index (κ2) is 7.23. The van der Waals surface area contributed by atoms with Crippen LogP contribution in [0.1, 0.15) is 16.1 Å². The van der Waals surface area contributed by atoms with Crippen molar-refractivity contribution in [2.45, 2.75) is 11.8 Å². The van der Waals surface area contributed by atoms with Crippen molar-refractivity contribution in [3.05, 3.63) is 77.2 Å². The molecule has 134 valence electrons. The maximum atomic E-state index is 12.5. The fourth-order valence-corrected chi connectivity index (χ4v) is 3.54. The Morgan fingerprint density at radius 2 is 1.77 bits per heavy atom. The monoisotopic (exact) mass is 390 g/mol. The van der Waals surface area contributed by atoms with E-state index in [0.717, 1.165) is 0 Å². The van der Waals surface area contributed by atoms with Crippen LogP contribution in [0.25, 0.3) is 0 Å². The van der Waals surface area contributed by atoms with Gasteiger partial charge in [0.05, 0.1) is 16.8 Å². The average molecular weight is 391 g/mol. The number of nitrogens with one attached hydrogen (secondary N) is 2. The Morgan fingerprint density at radius 1 is 1.04 bits per heavy atom. The molecule has 8 heteroatoms. The van der Waals surface area contributed by atoms with Crippen LogP contribution in [0.2, 0.25) is 5.02 Å². The summed E-state index contributed by atoms with van der Waals surface area (Å²) in [5.41, 5.74) is 1.50. The third-order valence-corrected chi connectivity index (χ3v) is 5.47. The van der Waals surface area contributed by atoms with Gasteiger partial charge in [0.15, 0.2) is 5.76 Å². The number of furan rings is 1. The SMILES string of the molecule is Cc1c(Cl)cccc1NS(=O)(=O)c1ccc(NC(=O)c2ccco2)cc1. The molecule has 0 saturated heterocycles. The van der Waals surface area contributed by atoms with Crippen LogP contribution in [0, 0.1) is 6.92 Å². The molecular formula is C18H15ClN2O4S. The maximum absolute atomic E-state index is 12.5. The van der Waals surface area contributed by atoms with E-state index in [9.17, 15) is 13.2 Å². The first kappa shape index (κ1) is 18.0. The predicted octanol–water partition coefficient (Wildman–Crippen LogP) is 4.29. The lowest BCUT2D eigenvalue weighted by Gasteiger charge is -2.12. The van der Waals surface area contributed by atoms with Crippen molar-refractivity contribution in [3.8, 4) is 0 Å². The zero-order valence-electron chi connectivity index (χ0n) is 13.7. The van der Waals surface area contributed by atoms with E-state index < -0.39 is 15.9 Å². The molecule has 1 aromatic heterocycles. The molecule has 0 bridgehead atoms. The molecule has 0 fully saturated rings. The largest absolute Gasteiger partial charge is 0.459 e. The average Bonchev–Trinajstić information content (AvgIpc) is 3.14. The minimum absolute atomic E-state index is 0.0628. The van der Waals surface area contributed by atoms with Crippen LogP contribution >= 0.6 is 11.6 Å². The summed E-state index contributed by atoms with van der Waals surface area (Å²) in [4.78, 5) is 12.0. The molecule has 3 rings (SSSR count). The van der Waals surface area contributed by atoms with Gasteiger partial charge >= 0.3 is 0 Å². The van der Waals surface area contributed by atoms with E-state index in [2.05, 4.69) is 10.0 Å². The zero-order chi connectivity index (χ0) is 18.7. The summed E-state index contributed by atoms with van der Waals surface area (Å²) >= 11 is 6.02. The lowest BCUT2D eigenvalue weighted by atomic mass is 10.2. The van der Waals surface area contributed by atoms with E-state index in [1.807, 2.05) is 0 Å². The van der Waals surface area contributed by atoms with Crippen LogP contribution in [0.4, 0.5) is 11.4 Å². The predicted molar refractivity (Wildman–Crippen MR) is 100 cm³/mol. The van der Waals surface area contributed by atoms with Crippen LogP contribution in [0.5, 0.6) is 0 Å². The van der Waals surface area contributed by atoms with Gasteiger partial charge in [0, 0.05) is 10.7 Å². The molecule has 6 nitrogen and oxygen atoms in total. The third-order valence-electron chi connectivity index (χ3n) is 3.68. The smallest absolute Gasteiger partial charge is 0.291 e. The molecule has 26 heavy (non-hydrogen) atoms. The summed E-state index contributed by atoms with van der Waals surface area (Å²) in [5, 5.41) is 3.10. The molecule has 2 aromatic carbocycles. The summed E-state index contributed by atoms with van der Waals surface area (Å²) < 4.78 is 32.6. The van der Waals surface area contributed by atoms with Gasteiger partial charge in [-0.3, -0.25) is 9.52 Å². The van der Waals surface area contributed by atoms with Gasteiger partial charge in [-0.1, -0.05) is 17.7 Å². The molecule has 0 aliphatic carbocycles. The zero-order valence-corrected chi connectivity index (χ0v) is 15.3. The second-order valence-electron chi connectivity index (χ2n) is 5.47. The highest BCUT2D eigenvalue weighted by Gasteiger charge is 2.16. The molecule has 0 aliphatic rings.